The summed E-state index contributed by atoms with van der Waals surface area (Å²) >= 11 is 0. The summed E-state index contributed by atoms with van der Waals surface area (Å²) in [6.07, 6.45) is 4.19. The Balaban J connectivity index is 1.81. The fourth-order valence-corrected chi connectivity index (χ4v) is 1.89. The lowest BCUT2D eigenvalue weighted by Gasteiger charge is -2.20. The Kier molecular flexibility index (Phi) is 3.20. The molecule has 0 spiro atoms. The van der Waals surface area contributed by atoms with Crippen molar-refractivity contribution in [2.75, 3.05) is 6.61 Å². The Morgan fingerprint density at radius 2 is 2.06 bits per heavy atom. The van der Waals surface area contributed by atoms with Crippen LogP contribution in [0.2, 0.25) is 0 Å². The van der Waals surface area contributed by atoms with Gasteiger partial charge in [-0.05, 0) is 11.6 Å². The second-order valence-corrected chi connectivity index (χ2v) is 4.61. The average Bonchev–Trinajstić information content (AvgIpc) is 2.60. The summed E-state index contributed by atoms with van der Waals surface area (Å²) in [5.41, 5.74) is 1.06. The number of allylic oxidation sites excluding steroid dienone is 1. The van der Waals surface area contributed by atoms with E-state index in [1.807, 2.05) is 36.4 Å². The van der Waals surface area contributed by atoms with Crippen molar-refractivity contribution < 1.29 is 9.53 Å². The first-order valence-corrected chi connectivity index (χ1v) is 5.52. The van der Waals surface area contributed by atoms with Gasteiger partial charge in [0.2, 0.25) is 0 Å². The molecule has 1 aliphatic rings. The van der Waals surface area contributed by atoms with Gasteiger partial charge in [-0.25, -0.2) is 0 Å². The molecule has 0 aliphatic heterocycles. The van der Waals surface area contributed by atoms with Gasteiger partial charge in [-0.1, -0.05) is 43.3 Å². The fraction of sp³-hybridized carbons (Fsp3) is 0.357. The second kappa shape index (κ2) is 4.62. The molecule has 0 heterocycles. The molecule has 0 fully saturated rings. The third-order valence-electron chi connectivity index (χ3n) is 2.79. The number of carbonyl (C=O) groups is 1. The van der Waals surface area contributed by atoms with E-state index < -0.39 is 0 Å². The molecule has 0 saturated heterocycles. The van der Waals surface area contributed by atoms with Crippen LogP contribution in [0, 0.1) is 5.41 Å². The third-order valence-corrected chi connectivity index (χ3v) is 2.79. The maximum Gasteiger partial charge on any atom is 0.156 e. The molecule has 2 heteroatoms. The number of ether oxygens (including phenoxy) is 1. The molecule has 2 rings (SSSR count). The summed E-state index contributed by atoms with van der Waals surface area (Å²) in [7, 11) is 0. The van der Waals surface area contributed by atoms with Gasteiger partial charge in [0.05, 0.1) is 13.2 Å². The molecule has 0 saturated carbocycles. The first-order valence-electron chi connectivity index (χ1n) is 5.52. The van der Waals surface area contributed by atoms with E-state index in [9.17, 15) is 4.79 Å². The van der Waals surface area contributed by atoms with Crippen LogP contribution in [0.4, 0.5) is 0 Å². The van der Waals surface area contributed by atoms with E-state index in [1.54, 1.807) is 6.08 Å². The highest BCUT2D eigenvalue weighted by Crippen LogP contribution is 2.29. The maximum absolute atomic E-state index is 11.1. The van der Waals surface area contributed by atoms with Crippen LogP contribution in [0.25, 0.3) is 0 Å². The van der Waals surface area contributed by atoms with E-state index in [0.29, 0.717) is 19.6 Å². The molecule has 0 aromatic heterocycles. The Hall–Kier alpha value is -1.41. The minimum atomic E-state index is -0.105. The number of carbonyl (C=O) groups excluding carboxylic acids is 1. The molecule has 2 nitrogen and oxygen atoms in total. The normalized spacial score (nSPS) is 23.9. The maximum atomic E-state index is 11.1. The van der Waals surface area contributed by atoms with Crippen LogP contribution in [0.3, 0.4) is 0 Å². The summed E-state index contributed by atoms with van der Waals surface area (Å²) in [5.74, 6) is 0.200. The lowest BCUT2D eigenvalue weighted by atomic mass is 9.91. The summed E-state index contributed by atoms with van der Waals surface area (Å²) in [6, 6.07) is 10.1. The molecule has 0 radical (unpaired) electrons. The minimum absolute atomic E-state index is 0.105. The highest BCUT2D eigenvalue weighted by Gasteiger charge is 2.28. The lowest BCUT2D eigenvalue weighted by Crippen LogP contribution is -2.19. The molecular weight excluding hydrogens is 200 g/mol. The summed E-state index contributed by atoms with van der Waals surface area (Å²) in [6.45, 7) is 3.27. The highest BCUT2D eigenvalue weighted by atomic mass is 16.5. The zero-order chi connectivity index (χ0) is 11.4. The van der Waals surface area contributed by atoms with Crippen molar-refractivity contribution in [2.24, 2.45) is 5.41 Å². The minimum Gasteiger partial charge on any atom is -0.376 e. The second-order valence-electron chi connectivity index (χ2n) is 4.61. The van der Waals surface area contributed by atoms with Gasteiger partial charge in [-0.2, -0.15) is 0 Å². The van der Waals surface area contributed by atoms with Crippen molar-refractivity contribution in [3.05, 3.63) is 48.0 Å². The monoisotopic (exact) mass is 216 g/mol. The van der Waals surface area contributed by atoms with Gasteiger partial charge in [-0.15, -0.1) is 0 Å². The van der Waals surface area contributed by atoms with Gasteiger partial charge in [0, 0.05) is 11.8 Å². The Bertz CT molecular complexity index is 394. The first-order chi connectivity index (χ1) is 7.68. The van der Waals surface area contributed by atoms with Crippen molar-refractivity contribution in [3.8, 4) is 0 Å². The van der Waals surface area contributed by atoms with Gasteiger partial charge in [0.15, 0.2) is 5.78 Å². The molecule has 0 unspecified atom stereocenters. The van der Waals surface area contributed by atoms with Gasteiger partial charge in [0.25, 0.3) is 0 Å². The van der Waals surface area contributed by atoms with E-state index in [0.717, 1.165) is 0 Å². The quantitative estimate of drug-likeness (QED) is 0.773. The molecule has 16 heavy (non-hydrogen) atoms. The molecule has 84 valence electrons. The van der Waals surface area contributed by atoms with Crippen LogP contribution in [-0.2, 0) is 16.1 Å². The molecule has 1 aromatic carbocycles. The number of rotatable bonds is 4. The highest BCUT2D eigenvalue weighted by molar-refractivity contribution is 5.93. The van der Waals surface area contributed by atoms with Crippen molar-refractivity contribution in [1.29, 1.82) is 0 Å². The molecule has 0 amide bonds. The fourth-order valence-electron chi connectivity index (χ4n) is 1.89. The molecular formula is C14H16O2. The Morgan fingerprint density at radius 3 is 2.69 bits per heavy atom. The van der Waals surface area contributed by atoms with Gasteiger partial charge >= 0.3 is 0 Å². The molecule has 1 atom stereocenters. The van der Waals surface area contributed by atoms with Crippen molar-refractivity contribution in [1.82, 2.24) is 0 Å². The van der Waals surface area contributed by atoms with Crippen molar-refractivity contribution >= 4 is 5.78 Å². The van der Waals surface area contributed by atoms with Crippen LogP contribution in [0.15, 0.2) is 42.5 Å². The smallest absolute Gasteiger partial charge is 0.156 e. The van der Waals surface area contributed by atoms with E-state index in [2.05, 4.69) is 6.92 Å². The van der Waals surface area contributed by atoms with Crippen molar-refractivity contribution in [2.45, 2.75) is 20.0 Å². The Morgan fingerprint density at radius 1 is 1.31 bits per heavy atom. The number of hydrogen-bond donors (Lipinski definition) is 0. The predicted molar refractivity (Wildman–Crippen MR) is 63.0 cm³/mol. The summed E-state index contributed by atoms with van der Waals surface area (Å²) in [4.78, 5) is 11.1. The summed E-state index contributed by atoms with van der Waals surface area (Å²) < 4.78 is 5.65. The standard InChI is InChI=1S/C14H16O2/c1-14(8-7-13(15)9-14)11-16-10-12-5-3-2-4-6-12/h2-8H,9-11H2,1H3/t14-/m1/s1. The van der Waals surface area contributed by atoms with Crippen LogP contribution in [0.1, 0.15) is 18.9 Å². The largest absolute Gasteiger partial charge is 0.376 e. The topological polar surface area (TPSA) is 26.3 Å². The third kappa shape index (κ3) is 2.80. The molecule has 0 bridgehead atoms. The molecule has 1 aromatic rings. The number of ketones is 1. The zero-order valence-corrected chi connectivity index (χ0v) is 9.48. The molecule has 0 N–H and O–H groups in total. The number of benzene rings is 1. The van der Waals surface area contributed by atoms with Gasteiger partial charge < -0.3 is 4.74 Å². The van der Waals surface area contributed by atoms with E-state index in [1.165, 1.54) is 5.56 Å². The Labute approximate surface area is 95.9 Å². The molecule has 1 aliphatic carbocycles. The van der Waals surface area contributed by atoms with Gasteiger partial charge in [0.1, 0.15) is 0 Å². The lowest BCUT2D eigenvalue weighted by molar-refractivity contribution is -0.115. The SMILES string of the molecule is C[C@@]1(COCc2ccccc2)C=CC(=O)C1. The van der Waals surface area contributed by atoms with Crippen molar-refractivity contribution in [3.63, 3.8) is 0 Å². The van der Waals surface area contributed by atoms with Gasteiger partial charge in [-0.3, -0.25) is 4.79 Å². The van der Waals surface area contributed by atoms with Crippen LogP contribution in [-0.4, -0.2) is 12.4 Å². The average molecular weight is 216 g/mol. The first kappa shape index (κ1) is 11.1. The summed E-state index contributed by atoms with van der Waals surface area (Å²) in [5, 5.41) is 0. The van der Waals surface area contributed by atoms with E-state index >= 15 is 0 Å². The van der Waals surface area contributed by atoms with Crippen LogP contribution in [0.5, 0.6) is 0 Å². The van der Waals surface area contributed by atoms with E-state index in [4.69, 9.17) is 4.74 Å². The predicted octanol–water partition coefficient (Wildman–Crippen LogP) is 2.74. The zero-order valence-electron chi connectivity index (χ0n) is 9.48. The van der Waals surface area contributed by atoms with Crippen LogP contribution >= 0.6 is 0 Å². The number of hydrogen-bond acceptors (Lipinski definition) is 2. The van der Waals surface area contributed by atoms with Crippen LogP contribution < -0.4 is 0 Å². The van der Waals surface area contributed by atoms with E-state index in [-0.39, 0.29) is 11.2 Å².